The quantitative estimate of drug-likeness (QED) is 0.452. The molecule has 1 aliphatic rings. The van der Waals surface area contributed by atoms with Crippen LogP contribution in [0.4, 0.5) is 0 Å². The van der Waals surface area contributed by atoms with Crippen LogP contribution in [-0.2, 0) is 27.8 Å². The molecule has 0 saturated carbocycles. The molecule has 37 valence electrons. The number of hydrogen-bond acceptors (Lipinski definition) is 2. The van der Waals surface area contributed by atoms with Crippen LogP contribution in [0.5, 0.6) is 0 Å². The summed E-state index contributed by atoms with van der Waals surface area (Å²) in [5, 5.41) is 0. The predicted molar refractivity (Wildman–Crippen MR) is 20.6 cm³/mol. The van der Waals surface area contributed by atoms with Crippen molar-refractivity contribution < 1.29 is 27.8 Å². The first kappa shape index (κ1) is 5.68. The molecule has 0 aliphatic carbocycles. The Labute approximate surface area is 52.9 Å². The summed E-state index contributed by atoms with van der Waals surface area (Å²) in [4.78, 5) is 0. The van der Waals surface area contributed by atoms with Gasteiger partial charge in [0.25, 0.3) is 0 Å². The summed E-state index contributed by atoms with van der Waals surface area (Å²) >= 11 is 1.19. The van der Waals surface area contributed by atoms with Gasteiger partial charge in [-0.25, -0.2) is 0 Å². The Hall–Kier alpha value is 0.543. The summed E-state index contributed by atoms with van der Waals surface area (Å²) in [5.74, 6) is 0. The van der Waals surface area contributed by atoms with Crippen molar-refractivity contribution in [1.82, 2.24) is 0 Å². The van der Waals surface area contributed by atoms with E-state index in [1.165, 1.54) is 18.3 Å². The summed E-state index contributed by atoms with van der Waals surface area (Å²) in [6, 6.07) is 0. The summed E-state index contributed by atoms with van der Waals surface area (Å²) in [5.41, 5.74) is 0. The molecule has 1 heterocycles. The third-order valence-electron chi connectivity index (χ3n) is 0.885. The molecule has 1 unspecified atom stereocenters. The van der Waals surface area contributed by atoms with Crippen LogP contribution < -0.4 is 0 Å². The molecule has 2 nitrogen and oxygen atoms in total. The van der Waals surface area contributed by atoms with E-state index in [-0.39, 0.29) is 0 Å². The molecule has 0 radical (unpaired) electrons. The average molecular weight is 152 g/mol. The molecule has 3 heteroatoms. The molecule has 0 aromatic rings. The monoisotopic (exact) mass is 151 g/mol. The maximum absolute atomic E-state index is 5.21. The van der Waals surface area contributed by atoms with Gasteiger partial charge in [0, 0.05) is 0 Å². The standard InChI is InChI=1S/C4H7O2.Zn/c1-2-6-4-3-5-1;/h1H,2-4H2;. The second kappa shape index (κ2) is 2.75. The van der Waals surface area contributed by atoms with Gasteiger partial charge < -0.3 is 0 Å². The first-order valence-electron chi connectivity index (χ1n) is 2.42. The molecule has 1 aliphatic heterocycles. The normalized spacial score (nSPS) is 33.1. The van der Waals surface area contributed by atoms with Crippen molar-refractivity contribution in [3.8, 4) is 0 Å². The van der Waals surface area contributed by atoms with Gasteiger partial charge in [-0.15, -0.1) is 0 Å². The van der Waals surface area contributed by atoms with E-state index in [1.54, 1.807) is 0 Å². The Morgan fingerprint density at radius 1 is 1.43 bits per heavy atom. The molecule has 0 amide bonds. The molecule has 0 N–H and O–H groups in total. The van der Waals surface area contributed by atoms with Crippen LogP contribution in [0.2, 0.25) is 0 Å². The summed E-state index contributed by atoms with van der Waals surface area (Å²) in [7, 11) is 0. The van der Waals surface area contributed by atoms with Crippen LogP contribution in [0, 0.1) is 0 Å². The Balaban J connectivity index is 2.12. The Kier molecular flexibility index (Phi) is 2.23. The molecule has 0 aromatic carbocycles. The van der Waals surface area contributed by atoms with Gasteiger partial charge in [-0.2, -0.15) is 0 Å². The Bertz CT molecular complexity index is 51.7. The molecule has 0 bridgehead atoms. The molecule has 1 saturated heterocycles. The maximum atomic E-state index is 5.21. The van der Waals surface area contributed by atoms with Crippen molar-refractivity contribution in [3.63, 3.8) is 0 Å². The average Bonchev–Trinajstić information content (AvgIpc) is 1.69. The van der Waals surface area contributed by atoms with Crippen molar-refractivity contribution >= 4 is 0 Å². The predicted octanol–water partition coefficient (Wildman–Crippen LogP) is -0.0939. The summed E-state index contributed by atoms with van der Waals surface area (Å²) in [6.45, 7) is 2.40. The van der Waals surface area contributed by atoms with Gasteiger partial charge in [0.15, 0.2) is 0 Å². The Morgan fingerprint density at radius 3 is 2.57 bits per heavy atom. The Morgan fingerprint density at radius 2 is 2.29 bits per heavy atom. The third-order valence-corrected chi connectivity index (χ3v) is 1.87. The molecule has 0 spiro atoms. The first-order valence-corrected chi connectivity index (χ1v) is 4.13. The zero-order valence-corrected chi connectivity index (χ0v) is 7.19. The fraction of sp³-hybridized carbons (Fsp3) is 1.00. The number of hydrogen-bond donors (Lipinski definition) is 0. The van der Waals surface area contributed by atoms with Gasteiger partial charge in [-0.1, -0.05) is 0 Å². The van der Waals surface area contributed by atoms with E-state index in [4.69, 9.17) is 9.47 Å². The second-order valence-electron chi connectivity index (χ2n) is 1.57. The van der Waals surface area contributed by atoms with Crippen molar-refractivity contribution in [2.24, 2.45) is 0 Å². The van der Waals surface area contributed by atoms with Crippen LogP contribution in [0.15, 0.2) is 0 Å². The van der Waals surface area contributed by atoms with Crippen LogP contribution in [0.3, 0.4) is 0 Å². The number of ether oxygens (including phenoxy) is 2. The second-order valence-corrected chi connectivity index (χ2v) is 3.48. The molecule has 1 fully saturated rings. The van der Waals surface area contributed by atoms with E-state index in [0.29, 0.717) is 4.70 Å². The molecular formula is C4H7O2Zn. The van der Waals surface area contributed by atoms with Crippen molar-refractivity contribution in [3.05, 3.63) is 0 Å². The SMILES string of the molecule is [Zn][CH]1COCCO1. The van der Waals surface area contributed by atoms with Crippen LogP contribution in [0.1, 0.15) is 0 Å². The van der Waals surface area contributed by atoms with Gasteiger partial charge in [-0.05, 0) is 0 Å². The molecular weight excluding hydrogens is 145 g/mol. The zero-order valence-electron chi connectivity index (χ0n) is 4.22. The fourth-order valence-corrected chi connectivity index (χ4v) is 1.24. The molecule has 1 atom stereocenters. The minimum atomic E-state index is 0.439. The first-order chi connectivity index (χ1) is 3.39. The zero-order chi connectivity index (χ0) is 5.11. The van der Waals surface area contributed by atoms with Crippen LogP contribution in [-0.4, -0.2) is 24.5 Å². The van der Waals surface area contributed by atoms with E-state index >= 15 is 0 Å². The molecule has 1 rings (SSSR count). The summed E-state index contributed by atoms with van der Waals surface area (Å²) < 4.78 is 10.7. The van der Waals surface area contributed by atoms with Crippen molar-refractivity contribution in [2.45, 2.75) is 4.70 Å². The van der Waals surface area contributed by atoms with Crippen LogP contribution >= 0.6 is 0 Å². The van der Waals surface area contributed by atoms with Gasteiger partial charge >= 0.3 is 52.3 Å². The molecule has 0 aromatic heterocycles. The van der Waals surface area contributed by atoms with Gasteiger partial charge in [0.05, 0.1) is 0 Å². The van der Waals surface area contributed by atoms with Crippen molar-refractivity contribution in [2.75, 3.05) is 19.8 Å². The van der Waals surface area contributed by atoms with Gasteiger partial charge in [-0.3, -0.25) is 0 Å². The third kappa shape index (κ3) is 1.85. The minimum absolute atomic E-state index is 0.439. The van der Waals surface area contributed by atoms with Gasteiger partial charge in [0.2, 0.25) is 0 Å². The fourth-order valence-electron chi connectivity index (χ4n) is 0.537. The topological polar surface area (TPSA) is 18.5 Å². The number of rotatable bonds is 0. The van der Waals surface area contributed by atoms with E-state index < -0.39 is 0 Å². The van der Waals surface area contributed by atoms with Crippen molar-refractivity contribution in [1.29, 1.82) is 0 Å². The van der Waals surface area contributed by atoms with E-state index in [1.807, 2.05) is 0 Å². The molecule has 7 heavy (non-hydrogen) atoms. The van der Waals surface area contributed by atoms with E-state index in [9.17, 15) is 0 Å². The van der Waals surface area contributed by atoms with Gasteiger partial charge in [0.1, 0.15) is 0 Å². The van der Waals surface area contributed by atoms with Crippen LogP contribution in [0.25, 0.3) is 0 Å². The summed E-state index contributed by atoms with van der Waals surface area (Å²) in [6.07, 6.45) is 0. The van der Waals surface area contributed by atoms with E-state index in [2.05, 4.69) is 0 Å². The van der Waals surface area contributed by atoms with E-state index in [0.717, 1.165) is 19.8 Å².